The van der Waals surface area contributed by atoms with Crippen LogP contribution < -0.4 is 14.8 Å². The maximum absolute atomic E-state index is 12.1. The first kappa shape index (κ1) is 21.5. The van der Waals surface area contributed by atoms with Crippen molar-refractivity contribution in [3.8, 4) is 5.75 Å². The standard InChI is InChI=1S/C19H32N4O3S/c1-3-20-19(23(2)13-14-26-18-10-5-4-6-11-18)21-12-15-27(24,25)22-16-17-8-7-9-17/h4-6,10-11,17,22H,3,7-9,12-16H2,1-2H3,(H,20,21). The SMILES string of the molecule is CCNC(=NCCS(=O)(=O)NCC1CCC1)N(C)CCOc1ccccc1. The van der Waals surface area contributed by atoms with Gasteiger partial charge in [-0.25, -0.2) is 13.1 Å². The predicted octanol–water partition coefficient (Wildman–Crippen LogP) is 1.68. The van der Waals surface area contributed by atoms with Crippen molar-refractivity contribution in [2.24, 2.45) is 10.9 Å². The maximum Gasteiger partial charge on any atom is 0.213 e. The molecule has 1 aliphatic carbocycles. The fourth-order valence-corrected chi connectivity index (χ4v) is 3.64. The Bertz CT molecular complexity index is 675. The van der Waals surface area contributed by atoms with Gasteiger partial charge in [0.15, 0.2) is 5.96 Å². The summed E-state index contributed by atoms with van der Waals surface area (Å²) in [6, 6.07) is 9.65. The summed E-state index contributed by atoms with van der Waals surface area (Å²) in [5.74, 6) is 2.03. The number of guanidine groups is 1. The summed E-state index contributed by atoms with van der Waals surface area (Å²) in [7, 11) is -1.35. The molecular weight excluding hydrogens is 364 g/mol. The number of nitrogens with one attached hydrogen (secondary N) is 2. The summed E-state index contributed by atoms with van der Waals surface area (Å²) in [6.07, 6.45) is 3.46. The minimum atomic E-state index is -3.27. The van der Waals surface area contributed by atoms with Gasteiger partial charge in [-0.15, -0.1) is 0 Å². The molecule has 0 unspecified atom stereocenters. The third-order valence-electron chi connectivity index (χ3n) is 4.57. The van der Waals surface area contributed by atoms with Crippen LogP contribution in [0.3, 0.4) is 0 Å². The van der Waals surface area contributed by atoms with Gasteiger partial charge in [-0.3, -0.25) is 4.99 Å². The zero-order valence-corrected chi connectivity index (χ0v) is 17.2. The van der Waals surface area contributed by atoms with E-state index in [0.29, 0.717) is 31.6 Å². The molecule has 1 fully saturated rings. The number of hydrogen-bond donors (Lipinski definition) is 2. The summed E-state index contributed by atoms with van der Waals surface area (Å²) in [5, 5.41) is 3.19. The lowest BCUT2D eigenvalue weighted by molar-refractivity contribution is 0.281. The Morgan fingerprint density at radius 2 is 2.04 bits per heavy atom. The van der Waals surface area contributed by atoms with Crippen molar-refractivity contribution < 1.29 is 13.2 Å². The number of aliphatic imine (C=N–C) groups is 1. The molecule has 0 spiro atoms. The van der Waals surface area contributed by atoms with E-state index in [0.717, 1.165) is 25.1 Å². The number of sulfonamides is 1. The Morgan fingerprint density at radius 3 is 2.67 bits per heavy atom. The Labute approximate surface area is 163 Å². The van der Waals surface area contributed by atoms with E-state index in [1.165, 1.54) is 6.42 Å². The highest BCUT2D eigenvalue weighted by molar-refractivity contribution is 7.89. The Morgan fingerprint density at radius 1 is 1.30 bits per heavy atom. The minimum Gasteiger partial charge on any atom is -0.492 e. The van der Waals surface area contributed by atoms with Gasteiger partial charge in [-0.2, -0.15) is 0 Å². The second-order valence-corrected chi connectivity index (χ2v) is 8.71. The number of nitrogens with zero attached hydrogens (tertiary/aromatic N) is 2. The molecule has 27 heavy (non-hydrogen) atoms. The van der Waals surface area contributed by atoms with Crippen LogP contribution in [0, 0.1) is 5.92 Å². The van der Waals surface area contributed by atoms with Gasteiger partial charge in [0, 0.05) is 20.1 Å². The lowest BCUT2D eigenvalue weighted by Crippen LogP contribution is -2.41. The van der Waals surface area contributed by atoms with Crippen LogP contribution in [-0.4, -0.2) is 64.9 Å². The van der Waals surface area contributed by atoms with Crippen molar-refractivity contribution in [1.82, 2.24) is 14.9 Å². The van der Waals surface area contributed by atoms with Crippen molar-refractivity contribution >= 4 is 16.0 Å². The average molecular weight is 397 g/mol. The van der Waals surface area contributed by atoms with Crippen molar-refractivity contribution in [3.05, 3.63) is 30.3 Å². The molecule has 0 radical (unpaired) electrons. The quantitative estimate of drug-likeness (QED) is 0.439. The zero-order chi connectivity index (χ0) is 19.5. The van der Waals surface area contributed by atoms with E-state index in [4.69, 9.17) is 4.74 Å². The molecule has 1 aromatic rings. The second-order valence-electron chi connectivity index (χ2n) is 6.78. The van der Waals surface area contributed by atoms with Gasteiger partial charge in [0.2, 0.25) is 10.0 Å². The highest BCUT2D eigenvalue weighted by Gasteiger charge is 2.20. The van der Waals surface area contributed by atoms with E-state index in [-0.39, 0.29) is 12.3 Å². The van der Waals surface area contributed by atoms with Gasteiger partial charge in [0.1, 0.15) is 12.4 Å². The van der Waals surface area contributed by atoms with Gasteiger partial charge in [0.05, 0.1) is 18.8 Å². The van der Waals surface area contributed by atoms with Crippen molar-refractivity contribution in [2.75, 3.05) is 45.6 Å². The summed E-state index contributed by atoms with van der Waals surface area (Å²) < 4.78 is 32.6. The number of likely N-dealkylation sites (N-methyl/N-ethyl adjacent to an activating group) is 1. The zero-order valence-electron chi connectivity index (χ0n) is 16.4. The van der Waals surface area contributed by atoms with E-state index in [9.17, 15) is 8.42 Å². The van der Waals surface area contributed by atoms with Crippen LogP contribution >= 0.6 is 0 Å². The maximum atomic E-state index is 12.1. The smallest absolute Gasteiger partial charge is 0.213 e. The molecule has 2 N–H and O–H groups in total. The first-order valence-electron chi connectivity index (χ1n) is 9.65. The number of ether oxygens (including phenoxy) is 1. The molecule has 1 aliphatic rings. The van der Waals surface area contributed by atoms with E-state index < -0.39 is 10.0 Å². The fraction of sp³-hybridized carbons (Fsp3) is 0.632. The normalized spacial score (nSPS) is 15.3. The molecule has 0 saturated heterocycles. The third kappa shape index (κ3) is 8.17. The lowest BCUT2D eigenvalue weighted by atomic mass is 9.86. The second kappa shape index (κ2) is 11.1. The largest absolute Gasteiger partial charge is 0.492 e. The van der Waals surface area contributed by atoms with Gasteiger partial charge in [-0.1, -0.05) is 24.6 Å². The molecule has 0 amide bonds. The van der Waals surface area contributed by atoms with Crippen LogP contribution in [0.5, 0.6) is 5.75 Å². The van der Waals surface area contributed by atoms with Gasteiger partial charge >= 0.3 is 0 Å². The van der Waals surface area contributed by atoms with E-state index >= 15 is 0 Å². The molecule has 8 heteroatoms. The molecule has 1 saturated carbocycles. The van der Waals surface area contributed by atoms with Crippen LogP contribution in [0.1, 0.15) is 26.2 Å². The van der Waals surface area contributed by atoms with Crippen LogP contribution in [-0.2, 0) is 10.0 Å². The summed E-state index contributed by atoms with van der Waals surface area (Å²) >= 11 is 0. The first-order valence-corrected chi connectivity index (χ1v) is 11.3. The van der Waals surface area contributed by atoms with Crippen molar-refractivity contribution in [3.63, 3.8) is 0 Å². The molecule has 152 valence electrons. The number of benzene rings is 1. The lowest BCUT2D eigenvalue weighted by Gasteiger charge is -2.25. The molecule has 1 aromatic carbocycles. The van der Waals surface area contributed by atoms with E-state index in [1.807, 2.05) is 49.2 Å². The Hall–Kier alpha value is -1.80. The van der Waals surface area contributed by atoms with Crippen molar-refractivity contribution in [2.45, 2.75) is 26.2 Å². The molecule has 7 nitrogen and oxygen atoms in total. The number of para-hydroxylation sites is 1. The van der Waals surface area contributed by atoms with Gasteiger partial charge < -0.3 is 15.0 Å². The summed E-state index contributed by atoms with van der Waals surface area (Å²) in [5.41, 5.74) is 0. The molecule has 0 aliphatic heterocycles. The highest BCUT2D eigenvalue weighted by atomic mass is 32.2. The van der Waals surface area contributed by atoms with Gasteiger partial charge in [0.25, 0.3) is 0 Å². The molecule has 0 bridgehead atoms. The number of hydrogen-bond acceptors (Lipinski definition) is 4. The minimum absolute atomic E-state index is 0.00295. The molecule has 0 heterocycles. The average Bonchev–Trinajstić information content (AvgIpc) is 2.60. The number of rotatable bonds is 11. The van der Waals surface area contributed by atoms with E-state index in [1.54, 1.807) is 0 Å². The summed E-state index contributed by atoms with van der Waals surface area (Å²) in [6.45, 7) is 4.66. The first-order chi connectivity index (χ1) is 13.0. The van der Waals surface area contributed by atoms with Crippen LogP contribution in [0.25, 0.3) is 0 Å². The van der Waals surface area contributed by atoms with Gasteiger partial charge in [-0.05, 0) is 37.8 Å². The molecule has 0 aromatic heterocycles. The van der Waals surface area contributed by atoms with Crippen LogP contribution in [0.15, 0.2) is 35.3 Å². The fourth-order valence-electron chi connectivity index (χ4n) is 2.68. The Balaban J connectivity index is 1.75. The topological polar surface area (TPSA) is 83.0 Å². The van der Waals surface area contributed by atoms with Crippen molar-refractivity contribution in [1.29, 1.82) is 0 Å². The predicted molar refractivity (Wildman–Crippen MR) is 110 cm³/mol. The van der Waals surface area contributed by atoms with Crippen LogP contribution in [0.2, 0.25) is 0 Å². The van der Waals surface area contributed by atoms with Crippen LogP contribution in [0.4, 0.5) is 0 Å². The molecule has 2 rings (SSSR count). The molecule has 0 atom stereocenters. The monoisotopic (exact) mass is 396 g/mol. The molecular formula is C19H32N4O3S. The highest BCUT2D eigenvalue weighted by Crippen LogP contribution is 2.25. The third-order valence-corrected chi connectivity index (χ3v) is 5.90. The van der Waals surface area contributed by atoms with E-state index in [2.05, 4.69) is 15.0 Å². The Kier molecular flexibility index (Phi) is 8.87. The summed E-state index contributed by atoms with van der Waals surface area (Å²) in [4.78, 5) is 6.39.